The molecular formula is C14H18N2OS. The lowest BCUT2D eigenvalue weighted by molar-refractivity contribution is -0.122. The second-order valence-electron chi connectivity index (χ2n) is 4.77. The van der Waals surface area contributed by atoms with Gasteiger partial charge in [-0.15, -0.1) is 11.3 Å². The van der Waals surface area contributed by atoms with Crippen molar-refractivity contribution in [3.05, 3.63) is 22.4 Å². The van der Waals surface area contributed by atoms with Crippen LogP contribution in [0.2, 0.25) is 0 Å². The Morgan fingerprint density at radius 2 is 2.44 bits per heavy atom. The van der Waals surface area contributed by atoms with E-state index < -0.39 is 0 Å². The van der Waals surface area contributed by atoms with E-state index in [9.17, 15) is 4.79 Å². The highest BCUT2D eigenvalue weighted by molar-refractivity contribution is 7.09. The number of nitrogens with one attached hydrogen (secondary N) is 1. The number of amides is 1. The predicted molar refractivity (Wildman–Crippen MR) is 72.1 cm³/mol. The molecule has 3 nitrogen and oxygen atoms in total. The molecule has 1 fully saturated rings. The van der Waals surface area contributed by atoms with Gasteiger partial charge in [0.1, 0.15) is 0 Å². The number of nitriles is 1. The van der Waals surface area contributed by atoms with E-state index in [1.165, 1.54) is 4.88 Å². The van der Waals surface area contributed by atoms with Crippen LogP contribution in [0.25, 0.3) is 0 Å². The van der Waals surface area contributed by atoms with Gasteiger partial charge >= 0.3 is 0 Å². The summed E-state index contributed by atoms with van der Waals surface area (Å²) in [6, 6.07) is 6.51. The smallest absolute Gasteiger partial charge is 0.220 e. The fraction of sp³-hybridized carbons (Fsp3) is 0.571. The largest absolute Gasteiger partial charge is 0.352 e. The van der Waals surface area contributed by atoms with E-state index in [0.29, 0.717) is 6.42 Å². The van der Waals surface area contributed by atoms with Gasteiger partial charge in [0.2, 0.25) is 5.91 Å². The van der Waals surface area contributed by atoms with E-state index in [-0.39, 0.29) is 17.9 Å². The molecule has 0 aliphatic heterocycles. The Bertz CT molecular complexity index is 422. The summed E-state index contributed by atoms with van der Waals surface area (Å²) in [5, 5.41) is 14.0. The van der Waals surface area contributed by atoms with Crippen molar-refractivity contribution in [3.8, 4) is 6.07 Å². The molecule has 1 aliphatic rings. The first-order valence-electron chi connectivity index (χ1n) is 6.51. The molecule has 0 aromatic carbocycles. The summed E-state index contributed by atoms with van der Waals surface area (Å²) in [7, 11) is 0. The summed E-state index contributed by atoms with van der Waals surface area (Å²) in [6.07, 6.45) is 5.35. The van der Waals surface area contributed by atoms with Crippen molar-refractivity contribution >= 4 is 17.2 Å². The Labute approximate surface area is 112 Å². The molecule has 1 N–H and O–H groups in total. The van der Waals surface area contributed by atoms with Gasteiger partial charge in [0.05, 0.1) is 12.0 Å². The Kier molecular flexibility index (Phi) is 4.77. The molecule has 2 unspecified atom stereocenters. The van der Waals surface area contributed by atoms with Crippen LogP contribution >= 0.6 is 11.3 Å². The van der Waals surface area contributed by atoms with Crippen LogP contribution in [-0.2, 0) is 11.2 Å². The molecule has 2 rings (SSSR count). The van der Waals surface area contributed by atoms with E-state index in [4.69, 9.17) is 5.26 Å². The Morgan fingerprint density at radius 1 is 1.56 bits per heavy atom. The summed E-state index contributed by atoms with van der Waals surface area (Å²) >= 11 is 1.74. The molecule has 96 valence electrons. The monoisotopic (exact) mass is 262 g/mol. The molecule has 1 aromatic heterocycles. The number of aryl methyl sites for hydroxylation is 1. The normalized spacial score (nSPS) is 22.6. The first-order chi connectivity index (χ1) is 8.79. The lowest BCUT2D eigenvalue weighted by Crippen LogP contribution is -2.36. The van der Waals surface area contributed by atoms with Crippen molar-refractivity contribution in [2.75, 3.05) is 0 Å². The minimum Gasteiger partial charge on any atom is -0.352 e. The second kappa shape index (κ2) is 6.55. The number of hydrogen-bond donors (Lipinski definition) is 1. The number of hydrogen-bond acceptors (Lipinski definition) is 3. The number of thiophene rings is 1. The second-order valence-corrected chi connectivity index (χ2v) is 5.81. The topological polar surface area (TPSA) is 52.9 Å². The zero-order valence-corrected chi connectivity index (χ0v) is 11.2. The van der Waals surface area contributed by atoms with E-state index in [0.717, 1.165) is 32.1 Å². The number of nitrogens with zero attached hydrogens (tertiary/aromatic N) is 1. The maximum atomic E-state index is 11.8. The molecule has 0 bridgehead atoms. The third-order valence-corrected chi connectivity index (χ3v) is 4.37. The minimum absolute atomic E-state index is 0.0197. The average Bonchev–Trinajstić information content (AvgIpc) is 3.00. The van der Waals surface area contributed by atoms with E-state index in [1.54, 1.807) is 11.3 Å². The molecule has 1 amide bonds. The maximum absolute atomic E-state index is 11.8. The van der Waals surface area contributed by atoms with Gasteiger partial charge in [-0.25, -0.2) is 0 Å². The summed E-state index contributed by atoms with van der Waals surface area (Å²) in [5.41, 5.74) is 0. The average molecular weight is 262 g/mol. The molecule has 2 atom stereocenters. The van der Waals surface area contributed by atoms with Crippen molar-refractivity contribution in [1.82, 2.24) is 5.32 Å². The third kappa shape index (κ3) is 3.58. The molecule has 1 saturated carbocycles. The van der Waals surface area contributed by atoms with Crippen molar-refractivity contribution in [3.63, 3.8) is 0 Å². The van der Waals surface area contributed by atoms with Crippen molar-refractivity contribution in [2.45, 2.75) is 44.6 Å². The molecule has 1 heterocycles. The number of carbonyl (C=O) groups excluding carboxylic acids is 1. The Hall–Kier alpha value is -1.34. The highest BCUT2D eigenvalue weighted by Gasteiger charge is 2.27. The first-order valence-corrected chi connectivity index (χ1v) is 7.39. The van der Waals surface area contributed by atoms with Crippen LogP contribution in [0.5, 0.6) is 0 Å². The lowest BCUT2D eigenvalue weighted by Gasteiger charge is -2.15. The quantitative estimate of drug-likeness (QED) is 0.887. The summed E-state index contributed by atoms with van der Waals surface area (Å²) < 4.78 is 0. The van der Waals surface area contributed by atoms with E-state index >= 15 is 0 Å². The SMILES string of the molecule is N#CC1CCCC1NC(=O)CCCc1cccs1. The van der Waals surface area contributed by atoms with Gasteiger partial charge in [-0.1, -0.05) is 6.07 Å². The van der Waals surface area contributed by atoms with Crippen LogP contribution < -0.4 is 5.32 Å². The number of rotatable bonds is 5. The lowest BCUT2D eigenvalue weighted by atomic mass is 10.1. The highest BCUT2D eigenvalue weighted by Crippen LogP contribution is 2.24. The molecule has 1 aromatic rings. The van der Waals surface area contributed by atoms with Crippen LogP contribution in [-0.4, -0.2) is 11.9 Å². The zero-order chi connectivity index (χ0) is 12.8. The van der Waals surface area contributed by atoms with Crippen LogP contribution in [0.3, 0.4) is 0 Å². The first kappa shape index (κ1) is 13.1. The molecule has 1 aliphatic carbocycles. The molecule has 0 saturated heterocycles. The van der Waals surface area contributed by atoms with Crippen molar-refractivity contribution < 1.29 is 4.79 Å². The van der Waals surface area contributed by atoms with E-state index in [1.807, 2.05) is 6.07 Å². The van der Waals surface area contributed by atoms with Gasteiger partial charge in [-0.05, 0) is 43.6 Å². The van der Waals surface area contributed by atoms with Gasteiger partial charge in [0.15, 0.2) is 0 Å². The van der Waals surface area contributed by atoms with Gasteiger partial charge < -0.3 is 5.32 Å². The fourth-order valence-electron chi connectivity index (χ4n) is 2.44. The highest BCUT2D eigenvalue weighted by atomic mass is 32.1. The van der Waals surface area contributed by atoms with Crippen molar-refractivity contribution in [2.24, 2.45) is 5.92 Å². The Balaban J connectivity index is 1.67. The summed E-state index contributed by atoms with van der Waals surface area (Å²) in [5.74, 6) is 0.116. The molecule has 4 heteroatoms. The third-order valence-electron chi connectivity index (χ3n) is 3.44. The molecule has 0 spiro atoms. The van der Waals surface area contributed by atoms with Gasteiger partial charge in [-0.2, -0.15) is 5.26 Å². The standard InChI is InChI=1S/C14H18N2OS/c15-10-11-4-1-7-13(11)16-14(17)8-2-5-12-6-3-9-18-12/h3,6,9,11,13H,1-2,4-5,7-8H2,(H,16,17). The summed E-state index contributed by atoms with van der Waals surface area (Å²) in [6.45, 7) is 0. The minimum atomic E-state index is 0.0197. The number of carbonyl (C=O) groups is 1. The van der Waals surface area contributed by atoms with Gasteiger partial charge in [0, 0.05) is 17.3 Å². The van der Waals surface area contributed by atoms with Gasteiger partial charge in [-0.3, -0.25) is 4.79 Å². The van der Waals surface area contributed by atoms with E-state index in [2.05, 4.69) is 22.8 Å². The van der Waals surface area contributed by atoms with Crippen molar-refractivity contribution in [1.29, 1.82) is 5.26 Å². The predicted octanol–water partition coefficient (Wildman–Crippen LogP) is 2.88. The van der Waals surface area contributed by atoms with Crippen LogP contribution in [0, 0.1) is 17.2 Å². The van der Waals surface area contributed by atoms with Crippen LogP contribution in [0.4, 0.5) is 0 Å². The molecule has 0 radical (unpaired) electrons. The zero-order valence-electron chi connectivity index (χ0n) is 10.4. The van der Waals surface area contributed by atoms with Crippen LogP contribution in [0.15, 0.2) is 17.5 Å². The molecular weight excluding hydrogens is 244 g/mol. The van der Waals surface area contributed by atoms with Gasteiger partial charge in [0.25, 0.3) is 0 Å². The van der Waals surface area contributed by atoms with Crippen LogP contribution in [0.1, 0.15) is 37.0 Å². The molecule has 18 heavy (non-hydrogen) atoms. The maximum Gasteiger partial charge on any atom is 0.220 e. The fourth-order valence-corrected chi connectivity index (χ4v) is 3.20. The Morgan fingerprint density at radius 3 is 3.17 bits per heavy atom. The summed E-state index contributed by atoms with van der Waals surface area (Å²) in [4.78, 5) is 13.1.